The summed E-state index contributed by atoms with van der Waals surface area (Å²) in [5.41, 5.74) is 1.00. The quantitative estimate of drug-likeness (QED) is 0.596. The summed E-state index contributed by atoms with van der Waals surface area (Å²) in [5.74, 6) is 0.609. The van der Waals surface area contributed by atoms with Gasteiger partial charge in [-0.05, 0) is 43.9 Å². The molecule has 0 heterocycles. The maximum absolute atomic E-state index is 10.7. The summed E-state index contributed by atoms with van der Waals surface area (Å²) in [6, 6.07) is 0. The second-order valence-electron chi connectivity index (χ2n) is 6.11. The van der Waals surface area contributed by atoms with E-state index in [0.29, 0.717) is 31.1 Å². The van der Waals surface area contributed by atoms with E-state index >= 15 is 0 Å². The lowest BCUT2D eigenvalue weighted by atomic mass is 9.51. The van der Waals surface area contributed by atoms with Crippen molar-refractivity contribution in [3.05, 3.63) is 20.2 Å². The summed E-state index contributed by atoms with van der Waals surface area (Å²) < 4.78 is 0. The van der Waals surface area contributed by atoms with Crippen molar-refractivity contribution in [1.82, 2.24) is 5.43 Å². The predicted molar refractivity (Wildman–Crippen MR) is 58.4 cm³/mol. The van der Waals surface area contributed by atoms with Crippen LogP contribution in [0.1, 0.15) is 38.5 Å². The maximum Gasteiger partial charge on any atom is 0.295 e. The standard InChI is InChI=1S/C10H15N3O5/c14-12(15)11-9-2-7-1-8(3-9)5-10(4-7,6-9)18-13(16)17/h7-8,11H,1-6H2/t7-,8+,9?,10?. The second kappa shape index (κ2) is 3.46. The number of nitro groups is 1. The van der Waals surface area contributed by atoms with Crippen LogP contribution in [-0.2, 0) is 4.84 Å². The van der Waals surface area contributed by atoms with Crippen molar-refractivity contribution in [2.45, 2.75) is 49.7 Å². The largest absolute Gasteiger partial charge is 0.307 e. The van der Waals surface area contributed by atoms with Crippen LogP contribution in [0.2, 0.25) is 0 Å². The molecule has 0 radical (unpaired) electrons. The Labute approximate surface area is 103 Å². The highest BCUT2D eigenvalue weighted by atomic mass is 17.0. The molecule has 8 nitrogen and oxygen atoms in total. The zero-order valence-electron chi connectivity index (χ0n) is 9.83. The Kier molecular flexibility index (Phi) is 2.21. The van der Waals surface area contributed by atoms with Gasteiger partial charge in [0.1, 0.15) is 11.1 Å². The Hall–Kier alpha value is -1.60. The maximum atomic E-state index is 10.7. The lowest BCUT2D eigenvalue weighted by Gasteiger charge is -2.58. The van der Waals surface area contributed by atoms with Crippen molar-refractivity contribution in [2.75, 3.05) is 0 Å². The van der Waals surface area contributed by atoms with Gasteiger partial charge in [-0.2, -0.15) is 0 Å². The van der Waals surface area contributed by atoms with E-state index in [1.165, 1.54) is 0 Å². The van der Waals surface area contributed by atoms with E-state index in [-0.39, 0.29) is 0 Å². The van der Waals surface area contributed by atoms with Gasteiger partial charge in [0.2, 0.25) is 0 Å². The molecule has 0 aromatic heterocycles. The number of nitrogens with zero attached hydrogens (tertiary/aromatic N) is 2. The Morgan fingerprint density at radius 2 is 1.72 bits per heavy atom. The average Bonchev–Trinajstić information content (AvgIpc) is 2.08. The molecule has 8 heteroatoms. The van der Waals surface area contributed by atoms with Crippen LogP contribution in [0.15, 0.2) is 0 Å². The van der Waals surface area contributed by atoms with Gasteiger partial charge in [-0.1, -0.05) is 0 Å². The number of hydrogen-bond acceptors (Lipinski definition) is 5. The van der Waals surface area contributed by atoms with Crippen LogP contribution in [0.4, 0.5) is 0 Å². The van der Waals surface area contributed by atoms with Crippen molar-refractivity contribution in [1.29, 1.82) is 0 Å². The topological polar surface area (TPSA) is 108 Å². The molecule has 2 unspecified atom stereocenters. The van der Waals surface area contributed by atoms with Gasteiger partial charge in [-0.25, -0.2) is 10.1 Å². The fraction of sp³-hybridized carbons (Fsp3) is 1.00. The monoisotopic (exact) mass is 257 g/mol. The van der Waals surface area contributed by atoms with Crippen molar-refractivity contribution in [3.63, 3.8) is 0 Å². The zero-order valence-corrected chi connectivity index (χ0v) is 9.83. The van der Waals surface area contributed by atoms with Crippen LogP contribution in [0.25, 0.3) is 0 Å². The second-order valence-corrected chi connectivity index (χ2v) is 6.11. The third kappa shape index (κ3) is 1.75. The van der Waals surface area contributed by atoms with E-state index in [9.17, 15) is 20.2 Å². The van der Waals surface area contributed by atoms with Gasteiger partial charge in [0.15, 0.2) is 5.03 Å². The molecule has 4 aliphatic rings. The van der Waals surface area contributed by atoms with Crippen molar-refractivity contribution < 1.29 is 15.0 Å². The molecule has 4 aliphatic carbocycles. The highest BCUT2D eigenvalue weighted by Crippen LogP contribution is 2.58. The highest BCUT2D eigenvalue weighted by Gasteiger charge is 2.61. The minimum Gasteiger partial charge on any atom is -0.307 e. The summed E-state index contributed by atoms with van der Waals surface area (Å²) in [4.78, 5) is 26.3. The number of hydrogen-bond donors (Lipinski definition) is 1. The van der Waals surface area contributed by atoms with Gasteiger partial charge in [-0.3, -0.25) is 0 Å². The smallest absolute Gasteiger partial charge is 0.295 e. The molecular formula is C10H15N3O5. The third-order valence-electron chi connectivity index (χ3n) is 4.60. The SMILES string of the molecule is O=[N+]([O-])NC12C[C@H]3C[C@@H](C1)CC(O[N+](=O)[O-])(C3)C2. The molecule has 0 spiro atoms. The van der Waals surface area contributed by atoms with Crippen LogP contribution in [0.5, 0.6) is 0 Å². The first-order valence-electron chi connectivity index (χ1n) is 6.16. The molecule has 4 bridgehead atoms. The minimum atomic E-state index is -0.795. The molecule has 0 aromatic carbocycles. The molecule has 0 aliphatic heterocycles. The summed E-state index contributed by atoms with van der Waals surface area (Å²) in [6.45, 7) is 0. The highest BCUT2D eigenvalue weighted by molar-refractivity contribution is 5.12. The van der Waals surface area contributed by atoms with Gasteiger partial charge in [0, 0.05) is 6.42 Å². The summed E-state index contributed by atoms with van der Waals surface area (Å²) in [5, 5.41) is 20.1. The number of hydrazine groups is 1. The van der Waals surface area contributed by atoms with Gasteiger partial charge in [-0.15, -0.1) is 15.5 Å². The van der Waals surface area contributed by atoms with Crippen molar-refractivity contribution >= 4 is 0 Å². The molecule has 18 heavy (non-hydrogen) atoms. The first-order chi connectivity index (χ1) is 8.40. The number of nitrogens with one attached hydrogen (secondary N) is 1. The zero-order chi connectivity index (χ0) is 13.0. The first kappa shape index (κ1) is 11.5. The van der Waals surface area contributed by atoms with Gasteiger partial charge < -0.3 is 4.84 Å². The molecule has 4 fully saturated rings. The predicted octanol–water partition coefficient (Wildman–Crippen LogP) is 1.07. The first-order valence-corrected chi connectivity index (χ1v) is 6.16. The molecule has 1 N–H and O–H groups in total. The summed E-state index contributed by atoms with van der Waals surface area (Å²) >= 11 is 0. The van der Waals surface area contributed by atoms with E-state index in [4.69, 9.17) is 4.84 Å². The van der Waals surface area contributed by atoms with Crippen molar-refractivity contribution in [2.24, 2.45) is 11.8 Å². The lowest BCUT2D eigenvalue weighted by molar-refractivity contribution is -0.785. The Morgan fingerprint density at radius 3 is 2.22 bits per heavy atom. The fourth-order valence-electron chi connectivity index (χ4n) is 4.77. The van der Waals surface area contributed by atoms with Gasteiger partial charge >= 0.3 is 0 Å². The number of rotatable bonds is 4. The molecule has 4 atom stereocenters. The lowest BCUT2D eigenvalue weighted by Crippen LogP contribution is -2.66. The molecule has 0 amide bonds. The van der Waals surface area contributed by atoms with Crippen LogP contribution in [0.3, 0.4) is 0 Å². The Balaban J connectivity index is 1.87. The fourth-order valence-corrected chi connectivity index (χ4v) is 4.77. The van der Waals surface area contributed by atoms with Crippen LogP contribution < -0.4 is 5.43 Å². The summed E-state index contributed by atoms with van der Waals surface area (Å²) in [7, 11) is 0. The van der Waals surface area contributed by atoms with Gasteiger partial charge in [0.05, 0.1) is 0 Å². The molecule has 0 aromatic rings. The average molecular weight is 257 g/mol. The molecule has 4 saturated carbocycles. The van der Waals surface area contributed by atoms with Gasteiger partial charge in [0.25, 0.3) is 5.09 Å². The van der Waals surface area contributed by atoms with Crippen LogP contribution >= 0.6 is 0 Å². The Bertz CT molecular complexity index is 364. The van der Waals surface area contributed by atoms with E-state index < -0.39 is 21.3 Å². The summed E-state index contributed by atoms with van der Waals surface area (Å²) in [6.07, 6.45) is 4.16. The van der Waals surface area contributed by atoms with Crippen LogP contribution in [-0.4, -0.2) is 21.3 Å². The van der Waals surface area contributed by atoms with Crippen molar-refractivity contribution in [3.8, 4) is 0 Å². The van der Waals surface area contributed by atoms with E-state index in [1.54, 1.807) is 0 Å². The molecule has 100 valence electrons. The molecule has 0 saturated heterocycles. The van der Waals surface area contributed by atoms with Crippen LogP contribution in [0, 0.1) is 32.1 Å². The Morgan fingerprint density at radius 1 is 1.11 bits per heavy atom. The molecular weight excluding hydrogens is 242 g/mol. The third-order valence-corrected chi connectivity index (χ3v) is 4.60. The minimum absolute atomic E-state index is 0.304. The normalized spacial score (nSPS) is 44.7. The molecule has 4 rings (SSSR count). The van der Waals surface area contributed by atoms with E-state index in [1.807, 2.05) is 0 Å². The van der Waals surface area contributed by atoms with E-state index in [2.05, 4.69) is 5.43 Å². The van der Waals surface area contributed by atoms with E-state index in [0.717, 1.165) is 19.3 Å².